The maximum Gasteiger partial charge on any atom is 0.263 e. The van der Waals surface area contributed by atoms with Crippen LogP contribution < -0.4 is 10.5 Å². The van der Waals surface area contributed by atoms with E-state index in [1.54, 1.807) is 23.4 Å². The summed E-state index contributed by atoms with van der Waals surface area (Å²) >= 11 is 4.43. The Bertz CT molecular complexity index is 1370. The number of rotatable bonds is 6. The second-order valence-electron chi connectivity index (χ2n) is 7.56. The summed E-state index contributed by atoms with van der Waals surface area (Å²) in [5, 5.41) is 5.99. The lowest BCUT2D eigenvalue weighted by Gasteiger charge is -2.14. The van der Waals surface area contributed by atoms with Crippen LogP contribution in [0.4, 0.5) is 5.13 Å². The van der Waals surface area contributed by atoms with E-state index in [1.165, 1.54) is 45.6 Å². The number of amides is 1. The molecule has 0 N–H and O–H groups in total. The van der Waals surface area contributed by atoms with Gasteiger partial charge < -0.3 is 0 Å². The molecule has 4 rings (SSSR count). The molecule has 0 fully saturated rings. The average Bonchev–Trinajstić information content (AvgIpc) is 3.39. The highest BCUT2D eigenvalue weighted by Crippen LogP contribution is 2.33. The molecule has 6 nitrogen and oxygen atoms in total. The van der Waals surface area contributed by atoms with E-state index in [0.29, 0.717) is 28.0 Å². The molecular weight excluding hydrogens is 460 g/mol. The van der Waals surface area contributed by atoms with Crippen molar-refractivity contribution in [2.45, 2.75) is 38.6 Å². The zero-order valence-electron chi connectivity index (χ0n) is 18.6. The molecule has 3 aromatic heterocycles. The molecular formula is C23H24N4O2S3. The highest BCUT2D eigenvalue weighted by molar-refractivity contribution is 7.98. The number of hydrogen-bond acceptors (Lipinski definition) is 7. The third-order valence-corrected chi connectivity index (χ3v) is 8.26. The van der Waals surface area contributed by atoms with Crippen molar-refractivity contribution in [3.05, 3.63) is 56.1 Å². The van der Waals surface area contributed by atoms with E-state index >= 15 is 0 Å². The fourth-order valence-electron chi connectivity index (χ4n) is 3.42. The summed E-state index contributed by atoms with van der Waals surface area (Å²) in [7, 11) is 1.76. The summed E-state index contributed by atoms with van der Waals surface area (Å²) in [6.45, 7) is 8.22. The lowest BCUT2D eigenvalue weighted by Crippen LogP contribution is -2.27. The molecule has 3 heterocycles. The standard InChI is InChI=1S/C23H24N4O2S3/c1-6-27(15(4)28)23-24-17(11-32-23)10-31-22-25-20-19(21(29)26(22)5)18(12-30-20)16-8-7-13(2)14(3)9-16/h7-9,11-12H,6,10H2,1-5H3. The van der Waals surface area contributed by atoms with E-state index in [1.807, 2.05) is 17.7 Å². The molecule has 0 spiro atoms. The third-order valence-electron chi connectivity index (χ3n) is 5.41. The molecule has 9 heteroatoms. The largest absolute Gasteiger partial charge is 0.290 e. The van der Waals surface area contributed by atoms with Crippen LogP contribution in [0.3, 0.4) is 0 Å². The van der Waals surface area contributed by atoms with Crippen molar-refractivity contribution in [3.8, 4) is 11.1 Å². The smallest absolute Gasteiger partial charge is 0.263 e. The van der Waals surface area contributed by atoms with Gasteiger partial charge in [-0.3, -0.25) is 19.1 Å². The van der Waals surface area contributed by atoms with E-state index in [9.17, 15) is 9.59 Å². The van der Waals surface area contributed by atoms with Gasteiger partial charge in [-0.15, -0.1) is 22.7 Å². The van der Waals surface area contributed by atoms with Gasteiger partial charge in [-0.25, -0.2) is 9.97 Å². The van der Waals surface area contributed by atoms with Gasteiger partial charge in [0.05, 0.1) is 11.1 Å². The second-order valence-corrected chi connectivity index (χ2v) is 10.2. The van der Waals surface area contributed by atoms with Crippen LogP contribution >= 0.6 is 34.4 Å². The van der Waals surface area contributed by atoms with Gasteiger partial charge in [-0.2, -0.15) is 0 Å². The number of carbonyl (C=O) groups excluding carboxylic acids is 1. The van der Waals surface area contributed by atoms with Crippen LogP contribution in [0.25, 0.3) is 21.3 Å². The number of thioether (sulfide) groups is 1. The van der Waals surface area contributed by atoms with E-state index in [0.717, 1.165) is 21.7 Å². The highest BCUT2D eigenvalue weighted by atomic mass is 32.2. The first kappa shape index (κ1) is 22.7. The van der Waals surface area contributed by atoms with Gasteiger partial charge in [-0.1, -0.05) is 30.0 Å². The molecule has 4 aromatic rings. The lowest BCUT2D eigenvalue weighted by molar-refractivity contribution is -0.116. The van der Waals surface area contributed by atoms with Crippen molar-refractivity contribution >= 4 is 55.7 Å². The Morgan fingerprint density at radius 3 is 2.62 bits per heavy atom. The number of fused-ring (bicyclic) bond motifs is 1. The normalized spacial score (nSPS) is 11.3. The van der Waals surface area contributed by atoms with Crippen LogP contribution in [-0.2, 0) is 17.6 Å². The molecule has 0 saturated heterocycles. The number of aryl methyl sites for hydroxylation is 2. The Morgan fingerprint density at radius 1 is 1.16 bits per heavy atom. The topological polar surface area (TPSA) is 68.1 Å². The summed E-state index contributed by atoms with van der Waals surface area (Å²) in [4.78, 5) is 36.7. The first-order valence-corrected chi connectivity index (χ1v) is 13.0. The van der Waals surface area contributed by atoms with Crippen LogP contribution in [-0.4, -0.2) is 27.0 Å². The fourth-order valence-corrected chi connectivity index (χ4v) is 6.31. The van der Waals surface area contributed by atoms with Crippen LogP contribution in [0.1, 0.15) is 30.7 Å². The van der Waals surface area contributed by atoms with E-state index in [-0.39, 0.29) is 11.5 Å². The minimum atomic E-state index is -0.0420. The summed E-state index contributed by atoms with van der Waals surface area (Å²) < 4.78 is 1.62. The fraction of sp³-hybridized carbons (Fsp3) is 0.304. The number of nitrogens with zero attached hydrogens (tertiary/aromatic N) is 4. The van der Waals surface area contributed by atoms with Gasteiger partial charge in [0.2, 0.25) is 5.91 Å². The third kappa shape index (κ3) is 4.24. The number of benzene rings is 1. The van der Waals surface area contributed by atoms with Crippen molar-refractivity contribution in [1.29, 1.82) is 0 Å². The SMILES string of the molecule is CCN(C(C)=O)c1nc(CSc2nc3scc(-c4ccc(C)c(C)c4)c3c(=O)n2C)cs1. The van der Waals surface area contributed by atoms with Gasteiger partial charge in [-0.05, 0) is 37.5 Å². The number of thiophene rings is 1. The maximum absolute atomic E-state index is 13.2. The average molecular weight is 485 g/mol. The number of hydrogen-bond donors (Lipinski definition) is 0. The second kappa shape index (κ2) is 9.17. The Kier molecular flexibility index (Phi) is 6.50. The zero-order valence-corrected chi connectivity index (χ0v) is 21.1. The predicted octanol–water partition coefficient (Wildman–Crippen LogP) is 5.40. The first-order chi connectivity index (χ1) is 15.3. The van der Waals surface area contributed by atoms with Crippen molar-refractivity contribution < 1.29 is 4.79 Å². The van der Waals surface area contributed by atoms with E-state index in [4.69, 9.17) is 4.98 Å². The molecule has 0 bridgehead atoms. The quantitative estimate of drug-likeness (QED) is 0.271. The predicted molar refractivity (Wildman–Crippen MR) is 135 cm³/mol. The minimum Gasteiger partial charge on any atom is -0.290 e. The molecule has 0 unspecified atom stereocenters. The first-order valence-electron chi connectivity index (χ1n) is 10.2. The van der Waals surface area contributed by atoms with Gasteiger partial charge in [0.1, 0.15) is 4.83 Å². The van der Waals surface area contributed by atoms with E-state index in [2.05, 4.69) is 37.0 Å². The molecule has 1 aromatic carbocycles. The maximum atomic E-state index is 13.2. The van der Waals surface area contributed by atoms with Gasteiger partial charge in [0.15, 0.2) is 10.3 Å². The molecule has 0 atom stereocenters. The molecule has 0 aliphatic rings. The van der Waals surface area contributed by atoms with Crippen LogP contribution in [0.5, 0.6) is 0 Å². The Labute approximate surface area is 199 Å². The van der Waals surface area contributed by atoms with Crippen molar-refractivity contribution in [2.24, 2.45) is 7.05 Å². The van der Waals surface area contributed by atoms with Crippen molar-refractivity contribution in [3.63, 3.8) is 0 Å². The number of carbonyl (C=O) groups is 1. The van der Waals surface area contributed by atoms with E-state index < -0.39 is 0 Å². The molecule has 0 radical (unpaired) electrons. The number of aromatic nitrogens is 3. The highest BCUT2D eigenvalue weighted by Gasteiger charge is 2.17. The molecule has 0 saturated carbocycles. The Morgan fingerprint density at radius 2 is 1.94 bits per heavy atom. The number of thiazole rings is 1. The summed E-state index contributed by atoms with van der Waals surface area (Å²) in [5.41, 5.74) is 5.23. The Hall–Kier alpha value is -2.49. The van der Waals surface area contributed by atoms with Crippen LogP contribution in [0.15, 0.2) is 38.9 Å². The molecule has 1 amide bonds. The van der Waals surface area contributed by atoms with Gasteiger partial charge in [0, 0.05) is 42.6 Å². The van der Waals surface area contributed by atoms with Gasteiger partial charge >= 0.3 is 0 Å². The molecule has 166 valence electrons. The summed E-state index contributed by atoms with van der Waals surface area (Å²) in [5.74, 6) is 0.556. The zero-order chi connectivity index (χ0) is 23.0. The molecule has 0 aliphatic heterocycles. The van der Waals surface area contributed by atoms with Crippen LogP contribution in [0.2, 0.25) is 0 Å². The minimum absolute atomic E-state index is 0.0205. The van der Waals surface area contributed by atoms with Gasteiger partial charge in [0.25, 0.3) is 5.56 Å². The molecule has 0 aliphatic carbocycles. The monoisotopic (exact) mass is 484 g/mol. The van der Waals surface area contributed by atoms with Crippen molar-refractivity contribution in [2.75, 3.05) is 11.4 Å². The molecule has 32 heavy (non-hydrogen) atoms. The van der Waals surface area contributed by atoms with Crippen LogP contribution in [0, 0.1) is 13.8 Å². The Balaban J connectivity index is 1.62. The number of anilines is 1. The van der Waals surface area contributed by atoms with Crippen molar-refractivity contribution in [1.82, 2.24) is 14.5 Å². The summed E-state index contributed by atoms with van der Waals surface area (Å²) in [6.07, 6.45) is 0. The summed E-state index contributed by atoms with van der Waals surface area (Å²) in [6, 6.07) is 6.27. The lowest BCUT2D eigenvalue weighted by atomic mass is 10.0.